The van der Waals surface area contributed by atoms with Crippen molar-refractivity contribution in [2.45, 2.75) is 26.4 Å². The van der Waals surface area contributed by atoms with E-state index in [0.29, 0.717) is 40.4 Å². The van der Waals surface area contributed by atoms with E-state index in [1.807, 2.05) is 49.5 Å². The largest absolute Gasteiger partial charge is 0.345 e. The lowest BCUT2D eigenvalue weighted by molar-refractivity contribution is 0.208. The SMILES string of the molecule is CCCN(Cc1cccn1Cc1cccc(Cl)c1)C(=O)Nc1ccc(Cl)cc1Cl. The molecular formula is C22H22Cl3N3O. The molecule has 0 bridgehead atoms. The van der Waals surface area contributed by atoms with Gasteiger partial charge in [-0.3, -0.25) is 0 Å². The Morgan fingerprint density at radius 2 is 1.83 bits per heavy atom. The fourth-order valence-corrected chi connectivity index (χ4v) is 3.75. The van der Waals surface area contributed by atoms with Crippen LogP contribution in [0.4, 0.5) is 10.5 Å². The van der Waals surface area contributed by atoms with E-state index in [1.54, 1.807) is 23.1 Å². The maximum absolute atomic E-state index is 12.9. The number of carbonyl (C=O) groups excluding carboxylic acids is 1. The van der Waals surface area contributed by atoms with Crippen LogP contribution in [0.2, 0.25) is 15.1 Å². The van der Waals surface area contributed by atoms with E-state index in [4.69, 9.17) is 34.8 Å². The van der Waals surface area contributed by atoms with Crippen LogP contribution in [0.25, 0.3) is 0 Å². The molecule has 0 aliphatic carbocycles. The van der Waals surface area contributed by atoms with Crippen molar-refractivity contribution in [3.05, 3.63) is 87.1 Å². The minimum atomic E-state index is -0.202. The lowest BCUT2D eigenvalue weighted by atomic mass is 10.2. The van der Waals surface area contributed by atoms with Crippen LogP contribution in [0.5, 0.6) is 0 Å². The molecule has 0 fully saturated rings. The predicted octanol–water partition coefficient (Wildman–Crippen LogP) is 6.94. The number of amides is 2. The lowest BCUT2D eigenvalue weighted by Gasteiger charge is -2.24. The highest BCUT2D eigenvalue weighted by Gasteiger charge is 2.16. The van der Waals surface area contributed by atoms with E-state index in [1.165, 1.54) is 0 Å². The van der Waals surface area contributed by atoms with Crippen LogP contribution >= 0.6 is 34.8 Å². The van der Waals surface area contributed by atoms with E-state index < -0.39 is 0 Å². The number of nitrogens with one attached hydrogen (secondary N) is 1. The highest BCUT2D eigenvalue weighted by molar-refractivity contribution is 6.36. The van der Waals surface area contributed by atoms with E-state index in [-0.39, 0.29) is 6.03 Å². The van der Waals surface area contributed by atoms with Crippen molar-refractivity contribution in [2.24, 2.45) is 0 Å². The molecule has 0 aliphatic heterocycles. The zero-order chi connectivity index (χ0) is 20.8. The molecule has 0 saturated carbocycles. The van der Waals surface area contributed by atoms with Crippen LogP contribution in [-0.2, 0) is 13.1 Å². The Bertz CT molecular complexity index is 987. The smallest absolute Gasteiger partial charge is 0.322 e. The number of carbonyl (C=O) groups is 1. The van der Waals surface area contributed by atoms with Crippen molar-refractivity contribution in [2.75, 3.05) is 11.9 Å². The van der Waals surface area contributed by atoms with Gasteiger partial charge in [-0.05, 0) is 54.4 Å². The minimum absolute atomic E-state index is 0.202. The average molecular weight is 451 g/mol. The molecule has 1 heterocycles. The van der Waals surface area contributed by atoms with Gasteiger partial charge in [-0.15, -0.1) is 0 Å². The summed E-state index contributed by atoms with van der Waals surface area (Å²) in [6, 6.07) is 16.6. The highest BCUT2D eigenvalue weighted by atomic mass is 35.5. The lowest BCUT2D eigenvalue weighted by Crippen LogP contribution is -2.35. The van der Waals surface area contributed by atoms with Gasteiger partial charge in [0.15, 0.2) is 0 Å². The predicted molar refractivity (Wildman–Crippen MR) is 121 cm³/mol. The summed E-state index contributed by atoms with van der Waals surface area (Å²) in [6.45, 7) is 3.84. The molecule has 2 aromatic carbocycles. The quantitative estimate of drug-likeness (QED) is 0.416. The monoisotopic (exact) mass is 449 g/mol. The number of rotatable bonds is 7. The average Bonchev–Trinajstić information content (AvgIpc) is 3.10. The Balaban J connectivity index is 1.73. The molecule has 152 valence electrons. The van der Waals surface area contributed by atoms with Gasteiger partial charge >= 0.3 is 6.03 Å². The zero-order valence-electron chi connectivity index (χ0n) is 16.0. The third-order valence-electron chi connectivity index (χ3n) is 4.47. The summed E-state index contributed by atoms with van der Waals surface area (Å²) in [6.07, 6.45) is 2.85. The maximum Gasteiger partial charge on any atom is 0.322 e. The summed E-state index contributed by atoms with van der Waals surface area (Å²) in [5, 5.41) is 4.53. The van der Waals surface area contributed by atoms with Gasteiger partial charge in [0.1, 0.15) is 0 Å². The zero-order valence-corrected chi connectivity index (χ0v) is 18.3. The first kappa shape index (κ1) is 21.6. The molecule has 0 aliphatic rings. The van der Waals surface area contributed by atoms with Crippen LogP contribution in [0.15, 0.2) is 60.8 Å². The molecule has 2 amide bonds. The molecule has 0 saturated heterocycles. The van der Waals surface area contributed by atoms with E-state index in [9.17, 15) is 4.79 Å². The van der Waals surface area contributed by atoms with E-state index in [2.05, 4.69) is 9.88 Å². The van der Waals surface area contributed by atoms with Crippen molar-refractivity contribution in [3.63, 3.8) is 0 Å². The number of urea groups is 1. The van der Waals surface area contributed by atoms with Gasteiger partial charge in [-0.2, -0.15) is 0 Å². The number of hydrogen-bond acceptors (Lipinski definition) is 1. The molecule has 1 aromatic heterocycles. The summed E-state index contributed by atoms with van der Waals surface area (Å²) in [4.78, 5) is 14.6. The summed E-state index contributed by atoms with van der Waals surface area (Å²) in [5.41, 5.74) is 2.68. The molecule has 3 rings (SSSR count). The number of anilines is 1. The summed E-state index contributed by atoms with van der Waals surface area (Å²) < 4.78 is 2.12. The number of hydrogen-bond donors (Lipinski definition) is 1. The Morgan fingerprint density at radius 1 is 1.03 bits per heavy atom. The molecule has 1 N–H and O–H groups in total. The molecule has 0 atom stereocenters. The number of benzene rings is 2. The first-order valence-electron chi connectivity index (χ1n) is 9.35. The van der Waals surface area contributed by atoms with Gasteiger partial charge in [-0.1, -0.05) is 53.9 Å². The first-order chi connectivity index (χ1) is 14.0. The topological polar surface area (TPSA) is 37.3 Å². The fourth-order valence-electron chi connectivity index (χ4n) is 3.08. The molecular weight excluding hydrogens is 429 g/mol. The molecule has 0 unspecified atom stereocenters. The van der Waals surface area contributed by atoms with Crippen LogP contribution in [0, 0.1) is 0 Å². The standard InChI is InChI=1S/C22H22Cl3N3O/c1-2-10-28(22(29)26-21-9-8-18(24)13-20(21)25)15-19-7-4-11-27(19)14-16-5-3-6-17(23)12-16/h3-9,11-13H,2,10,14-15H2,1H3,(H,26,29). The third-order valence-corrected chi connectivity index (χ3v) is 5.25. The Hall–Kier alpha value is -2.14. The molecule has 29 heavy (non-hydrogen) atoms. The Morgan fingerprint density at radius 3 is 2.55 bits per heavy atom. The molecule has 0 radical (unpaired) electrons. The van der Waals surface area contributed by atoms with E-state index in [0.717, 1.165) is 17.7 Å². The minimum Gasteiger partial charge on any atom is -0.345 e. The normalized spacial score (nSPS) is 10.8. The van der Waals surface area contributed by atoms with Crippen LogP contribution in [0.3, 0.4) is 0 Å². The van der Waals surface area contributed by atoms with E-state index >= 15 is 0 Å². The van der Waals surface area contributed by atoms with Gasteiger partial charge in [0.2, 0.25) is 0 Å². The second kappa shape index (κ2) is 10.1. The second-order valence-corrected chi connectivity index (χ2v) is 8.01. The third kappa shape index (κ3) is 5.92. The van der Waals surface area contributed by atoms with Gasteiger partial charge in [0.05, 0.1) is 17.3 Å². The summed E-state index contributed by atoms with van der Waals surface area (Å²) in [7, 11) is 0. The first-order valence-corrected chi connectivity index (χ1v) is 10.5. The highest BCUT2D eigenvalue weighted by Crippen LogP contribution is 2.26. The van der Waals surface area contributed by atoms with Gasteiger partial charge in [-0.25, -0.2) is 4.79 Å². The summed E-state index contributed by atoms with van der Waals surface area (Å²) in [5.74, 6) is 0. The van der Waals surface area contributed by atoms with Crippen molar-refractivity contribution in [1.82, 2.24) is 9.47 Å². The van der Waals surface area contributed by atoms with Crippen molar-refractivity contribution >= 4 is 46.5 Å². The van der Waals surface area contributed by atoms with Crippen molar-refractivity contribution in [3.8, 4) is 0 Å². The van der Waals surface area contributed by atoms with Crippen molar-refractivity contribution < 1.29 is 4.79 Å². The molecule has 0 spiro atoms. The van der Waals surface area contributed by atoms with Crippen molar-refractivity contribution in [1.29, 1.82) is 0 Å². The number of aromatic nitrogens is 1. The second-order valence-electron chi connectivity index (χ2n) is 6.73. The van der Waals surface area contributed by atoms with Gasteiger partial charge in [0.25, 0.3) is 0 Å². The fraction of sp³-hybridized carbons (Fsp3) is 0.227. The molecule has 7 heteroatoms. The molecule has 3 aromatic rings. The number of nitrogens with zero attached hydrogens (tertiary/aromatic N) is 2. The Labute approximate surface area is 186 Å². The molecule has 4 nitrogen and oxygen atoms in total. The van der Waals surface area contributed by atoms with Crippen LogP contribution in [-0.4, -0.2) is 22.0 Å². The van der Waals surface area contributed by atoms with Gasteiger partial charge in [0, 0.05) is 35.0 Å². The van der Waals surface area contributed by atoms with Gasteiger partial charge < -0.3 is 14.8 Å². The van der Waals surface area contributed by atoms with Crippen LogP contribution < -0.4 is 5.32 Å². The van der Waals surface area contributed by atoms with Crippen LogP contribution in [0.1, 0.15) is 24.6 Å². The Kier molecular flexibility index (Phi) is 7.48. The summed E-state index contributed by atoms with van der Waals surface area (Å²) >= 11 is 18.2. The maximum atomic E-state index is 12.9. The number of halogens is 3.